The number of hydrogen-bond donors (Lipinski definition) is 0. The van der Waals surface area contributed by atoms with Crippen LogP contribution >= 0.6 is 0 Å². The molecule has 0 saturated heterocycles. The fourth-order valence-electron chi connectivity index (χ4n) is 1.41. The molecule has 0 aliphatic heterocycles. The van der Waals surface area contributed by atoms with E-state index in [4.69, 9.17) is 9.15 Å². The zero-order valence-corrected chi connectivity index (χ0v) is 9.12. The highest BCUT2D eigenvalue weighted by atomic mass is 16.6. The normalized spacial score (nSPS) is 10.4. The fraction of sp³-hybridized carbons (Fsp3) is 0.182. The van der Waals surface area contributed by atoms with Crippen molar-refractivity contribution in [1.29, 1.82) is 0 Å². The van der Waals surface area contributed by atoms with Gasteiger partial charge in [-0.3, -0.25) is 10.1 Å². The average molecular weight is 234 g/mol. The molecular weight excluding hydrogens is 224 g/mol. The smallest absolute Gasteiger partial charge is 0.270 e. The van der Waals surface area contributed by atoms with Crippen molar-refractivity contribution in [3.63, 3.8) is 0 Å². The van der Waals surface area contributed by atoms with Gasteiger partial charge in [0.15, 0.2) is 0 Å². The van der Waals surface area contributed by atoms with Gasteiger partial charge in [-0.2, -0.15) is 0 Å². The van der Waals surface area contributed by atoms with E-state index in [2.05, 4.69) is 4.98 Å². The zero-order chi connectivity index (χ0) is 12.3. The molecule has 0 amide bonds. The Morgan fingerprint density at radius 1 is 1.53 bits per heavy atom. The summed E-state index contributed by atoms with van der Waals surface area (Å²) >= 11 is 0. The van der Waals surface area contributed by atoms with Crippen LogP contribution in [0.3, 0.4) is 0 Å². The molecule has 17 heavy (non-hydrogen) atoms. The molecule has 0 saturated carbocycles. The van der Waals surface area contributed by atoms with E-state index in [-0.39, 0.29) is 5.69 Å². The molecule has 2 rings (SSSR count). The summed E-state index contributed by atoms with van der Waals surface area (Å²) in [6.07, 6.45) is 1.47. The van der Waals surface area contributed by atoms with Gasteiger partial charge < -0.3 is 9.15 Å². The lowest BCUT2D eigenvalue weighted by Gasteiger charge is -1.95. The van der Waals surface area contributed by atoms with Gasteiger partial charge in [0.25, 0.3) is 5.69 Å². The van der Waals surface area contributed by atoms with Gasteiger partial charge in [0.05, 0.1) is 11.5 Å². The molecule has 6 heteroatoms. The SMILES string of the molecule is COCc1coc(-c2cccc([N+](=O)[O-])c2)n1. The minimum atomic E-state index is -0.456. The van der Waals surface area contributed by atoms with Crippen molar-refractivity contribution in [2.45, 2.75) is 6.61 Å². The van der Waals surface area contributed by atoms with E-state index in [1.54, 1.807) is 19.2 Å². The molecule has 0 bridgehead atoms. The molecule has 0 radical (unpaired) electrons. The van der Waals surface area contributed by atoms with Crippen LogP contribution in [0.4, 0.5) is 5.69 Å². The summed E-state index contributed by atoms with van der Waals surface area (Å²) in [7, 11) is 1.56. The van der Waals surface area contributed by atoms with Crippen molar-refractivity contribution in [1.82, 2.24) is 4.98 Å². The van der Waals surface area contributed by atoms with Gasteiger partial charge >= 0.3 is 0 Å². The average Bonchev–Trinajstić information content (AvgIpc) is 2.78. The second-order valence-corrected chi connectivity index (χ2v) is 3.38. The number of ether oxygens (including phenoxy) is 1. The Morgan fingerprint density at radius 2 is 2.35 bits per heavy atom. The number of non-ortho nitro benzene ring substituents is 1. The molecular formula is C11H10N2O4. The molecule has 88 valence electrons. The van der Waals surface area contributed by atoms with Gasteiger partial charge in [-0.1, -0.05) is 6.07 Å². The van der Waals surface area contributed by atoms with Crippen LogP contribution in [0.2, 0.25) is 0 Å². The highest BCUT2D eigenvalue weighted by molar-refractivity contribution is 5.57. The molecule has 1 heterocycles. The minimum absolute atomic E-state index is 0.00833. The van der Waals surface area contributed by atoms with Crippen molar-refractivity contribution in [2.75, 3.05) is 7.11 Å². The van der Waals surface area contributed by atoms with Crippen molar-refractivity contribution >= 4 is 5.69 Å². The maximum absolute atomic E-state index is 10.6. The van der Waals surface area contributed by atoms with Gasteiger partial charge in [-0.15, -0.1) is 0 Å². The van der Waals surface area contributed by atoms with Crippen molar-refractivity contribution in [3.8, 4) is 11.5 Å². The summed E-state index contributed by atoms with van der Waals surface area (Å²) in [5.74, 6) is 0.348. The first-order chi connectivity index (χ1) is 8.20. The Kier molecular flexibility index (Phi) is 3.15. The molecule has 1 aromatic heterocycles. The Morgan fingerprint density at radius 3 is 3.06 bits per heavy atom. The standard InChI is InChI=1S/C11H10N2O4/c1-16-6-9-7-17-11(12-9)8-3-2-4-10(5-8)13(14)15/h2-5,7H,6H2,1H3. The summed E-state index contributed by atoms with van der Waals surface area (Å²) in [4.78, 5) is 14.3. The largest absolute Gasteiger partial charge is 0.444 e. The van der Waals surface area contributed by atoms with Gasteiger partial charge in [-0.25, -0.2) is 4.98 Å². The van der Waals surface area contributed by atoms with E-state index in [1.165, 1.54) is 18.4 Å². The highest BCUT2D eigenvalue weighted by Crippen LogP contribution is 2.23. The third-order valence-corrected chi connectivity index (χ3v) is 2.15. The van der Waals surface area contributed by atoms with E-state index < -0.39 is 4.92 Å². The summed E-state index contributed by atoms with van der Waals surface area (Å²) in [6.45, 7) is 0.346. The fourth-order valence-corrected chi connectivity index (χ4v) is 1.41. The number of aromatic nitrogens is 1. The Bertz CT molecular complexity index is 536. The molecule has 0 N–H and O–H groups in total. The van der Waals surface area contributed by atoms with E-state index in [1.807, 2.05) is 0 Å². The quantitative estimate of drug-likeness (QED) is 0.599. The second-order valence-electron chi connectivity index (χ2n) is 3.38. The monoisotopic (exact) mass is 234 g/mol. The number of nitro groups is 1. The first-order valence-electron chi connectivity index (χ1n) is 4.89. The van der Waals surface area contributed by atoms with Gasteiger partial charge in [0.1, 0.15) is 12.0 Å². The van der Waals surface area contributed by atoms with Crippen LogP contribution in [0.25, 0.3) is 11.5 Å². The number of benzene rings is 1. The first kappa shape index (κ1) is 11.3. The number of hydrogen-bond acceptors (Lipinski definition) is 5. The minimum Gasteiger partial charge on any atom is -0.444 e. The van der Waals surface area contributed by atoms with Crippen molar-refractivity contribution < 1.29 is 14.1 Å². The highest BCUT2D eigenvalue weighted by Gasteiger charge is 2.11. The zero-order valence-electron chi connectivity index (χ0n) is 9.12. The summed E-state index contributed by atoms with van der Waals surface area (Å²) < 4.78 is 10.1. The van der Waals surface area contributed by atoms with Crippen molar-refractivity contribution in [3.05, 3.63) is 46.3 Å². The second kappa shape index (κ2) is 4.75. The number of nitrogens with zero attached hydrogens (tertiary/aromatic N) is 2. The number of methoxy groups -OCH3 is 1. The predicted octanol–water partition coefficient (Wildman–Crippen LogP) is 2.40. The number of nitro benzene ring substituents is 1. The summed E-state index contributed by atoms with van der Waals surface area (Å²) in [6, 6.07) is 6.13. The predicted molar refractivity (Wildman–Crippen MR) is 59.3 cm³/mol. The van der Waals surface area contributed by atoms with E-state index in [0.29, 0.717) is 23.8 Å². The molecule has 0 spiro atoms. The van der Waals surface area contributed by atoms with Gasteiger partial charge in [-0.05, 0) is 6.07 Å². The van der Waals surface area contributed by atoms with Gasteiger partial charge in [0, 0.05) is 24.8 Å². The summed E-state index contributed by atoms with van der Waals surface area (Å²) in [5.41, 5.74) is 1.23. The van der Waals surface area contributed by atoms with E-state index >= 15 is 0 Å². The molecule has 1 aromatic carbocycles. The van der Waals surface area contributed by atoms with Crippen LogP contribution < -0.4 is 0 Å². The van der Waals surface area contributed by atoms with Crippen molar-refractivity contribution in [2.24, 2.45) is 0 Å². The number of rotatable bonds is 4. The lowest BCUT2D eigenvalue weighted by atomic mass is 10.2. The molecule has 6 nitrogen and oxygen atoms in total. The molecule has 0 aliphatic carbocycles. The van der Waals surface area contributed by atoms with Crippen LogP contribution in [-0.2, 0) is 11.3 Å². The molecule has 0 atom stereocenters. The molecule has 0 fully saturated rings. The lowest BCUT2D eigenvalue weighted by Crippen LogP contribution is -1.89. The van der Waals surface area contributed by atoms with E-state index in [0.717, 1.165) is 0 Å². The molecule has 2 aromatic rings. The Labute approximate surface area is 97.0 Å². The number of oxazole rings is 1. The third kappa shape index (κ3) is 2.48. The van der Waals surface area contributed by atoms with E-state index in [9.17, 15) is 10.1 Å². The molecule has 0 aliphatic rings. The lowest BCUT2D eigenvalue weighted by molar-refractivity contribution is -0.384. The third-order valence-electron chi connectivity index (χ3n) is 2.15. The van der Waals surface area contributed by atoms with Gasteiger partial charge in [0.2, 0.25) is 5.89 Å². The van der Waals surface area contributed by atoms with Crippen LogP contribution in [0.5, 0.6) is 0 Å². The maximum atomic E-state index is 10.6. The van der Waals surface area contributed by atoms with Crippen LogP contribution in [-0.4, -0.2) is 17.0 Å². The Hall–Kier alpha value is -2.21. The topological polar surface area (TPSA) is 78.4 Å². The van der Waals surface area contributed by atoms with Crippen LogP contribution in [0, 0.1) is 10.1 Å². The first-order valence-corrected chi connectivity index (χ1v) is 4.89. The van der Waals surface area contributed by atoms with Crippen LogP contribution in [0.15, 0.2) is 34.9 Å². The Balaban J connectivity index is 2.32. The maximum Gasteiger partial charge on any atom is 0.270 e. The van der Waals surface area contributed by atoms with Crippen LogP contribution in [0.1, 0.15) is 5.69 Å². The molecule has 0 unspecified atom stereocenters. The summed E-state index contributed by atoms with van der Waals surface area (Å²) in [5, 5.41) is 10.6.